The molecule has 1 N–H and O–H groups in total. The molecule has 0 radical (unpaired) electrons. The first-order chi connectivity index (χ1) is 13.4. The van der Waals surface area contributed by atoms with Crippen molar-refractivity contribution in [2.45, 2.75) is 13.0 Å². The summed E-state index contributed by atoms with van der Waals surface area (Å²) in [4.78, 5) is 29.9. The summed E-state index contributed by atoms with van der Waals surface area (Å²) in [7, 11) is 1.65. The van der Waals surface area contributed by atoms with Crippen molar-refractivity contribution in [1.29, 1.82) is 0 Å². The number of carbonyl (C=O) groups is 1. The average Bonchev–Trinajstić information content (AvgIpc) is 2.70. The van der Waals surface area contributed by atoms with E-state index in [-0.39, 0.29) is 11.5 Å². The largest absolute Gasteiger partial charge is 0.342 e. The normalized spacial score (nSPS) is 12.2. The van der Waals surface area contributed by atoms with E-state index in [1.807, 2.05) is 36.4 Å². The molecule has 0 spiro atoms. The molecular formula is C22H18ClN3O2. The van der Waals surface area contributed by atoms with Crippen molar-refractivity contribution < 1.29 is 4.79 Å². The molecule has 0 aliphatic heterocycles. The van der Waals surface area contributed by atoms with E-state index >= 15 is 0 Å². The predicted molar refractivity (Wildman–Crippen MR) is 112 cm³/mol. The highest BCUT2D eigenvalue weighted by Crippen LogP contribution is 2.19. The first-order valence-electron chi connectivity index (χ1n) is 8.90. The van der Waals surface area contributed by atoms with Gasteiger partial charge in [0.25, 0.3) is 11.5 Å². The topological polar surface area (TPSA) is 64.0 Å². The first-order valence-corrected chi connectivity index (χ1v) is 9.27. The SMILES string of the molecule is C[C@H](NC(=O)c1ccc2ccccc2c1)c1nc2cc(Cl)ccc2c(=O)n1C. The van der Waals surface area contributed by atoms with Gasteiger partial charge in [0, 0.05) is 17.6 Å². The Bertz CT molecular complexity index is 1280. The molecule has 0 aliphatic rings. The van der Waals surface area contributed by atoms with Gasteiger partial charge in [0.05, 0.1) is 16.9 Å². The summed E-state index contributed by atoms with van der Waals surface area (Å²) in [5, 5.41) is 5.99. The summed E-state index contributed by atoms with van der Waals surface area (Å²) in [6.07, 6.45) is 0. The van der Waals surface area contributed by atoms with E-state index < -0.39 is 6.04 Å². The number of hydrogen-bond donors (Lipinski definition) is 1. The molecule has 6 heteroatoms. The van der Waals surface area contributed by atoms with Crippen LogP contribution < -0.4 is 10.9 Å². The minimum absolute atomic E-state index is 0.177. The molecule has 1 amide bonds. The van der Waals surface area contributed by atoms with Gasteiger partial charge in [0.2, 0.25) is 0 Å². The maximum Gasteiger partial charge on any atom is 0.261 e. The van der Waals surface area contributed by atoms with Gasteiger partial charge in [-0.25, -0.2) is 4.98 Å². The Morgan fingerprint density at radius 3 is 2.61 bits per heavy atom. The lowest BCUT2D eigenvalue weighted by atomic mass is 10.1. The summed E-state index contributed by atoms with van der Waals surface area (Å²) < 4.78 is 1.46. The molecule has 0 saturated carbocycles. The lowest BCUT2D eigenvalue weighted by Crippen LogP contribution is -2.32. The lowest BCUT2D eigenvalue weighted by Gasteiger charge is -2.17. The molecular weight excluding hydrogens is 374 g/mol. The Morgan fingerprint density at radius 2 is 1.82 bits per heavy atom. The van der Waals surface area contributed by atoms with Crippen LogP contribution >= 0.6 is 11.6 Å². The molecule has 0 saturated heterocycles. The standard InChI is InChI=1S/C22H18ClN3O2/c1-13(20-25-19-12-17(23)9-10-18(19)22(28)26(20)2)24-21(27)16-8-7-14-5-3-4-6-15(14)11-16/h3-13H,1-2H3,(H,24,27)/t13-/m0/s1. The van der Waals surface area contributed by atoms with Crippen molar-refractivity contribution in [3.05, 3.63) is 87.4 Å². The molecule has 4 aromatic rings. The monoisotopic (exact) mass is 391 g/mol. The summed E-state index contributed by atoms with van der Waals surface area (Å²) >= 11 is 6.04. The second-order valence-corrected chi connectivity index (χ2v) is 7.19. The minimum Gasteiger partial charge on any atom is -0.342 e. The van der Waals surface area contributed by atoms with Crippen LogP contribution in [0.4, 0.5) is 0 Å². The van der Waals surface area contributed by atoms with Gasteiger partial charge in [-0.3, -0.25) is 14.2 Å². The van der Waals surface area contributed by atoms with E-state index in [0.717, 1.165) is 10.8 Å². The number of fused-ring (bicyclic) bond motifs is 2. The van der Waals surface area contributed by atoms with Crippen LogP contribution in [0.5, 0.6) is 0 Å². The van der Waals surface area contributed by atoms with E-state index in [1.54, 1.807) is 38.2 Å². The molecule has 1 heterocycles. The summed E-state index contributed by atoms with van der Waals surface area (Å²) in [6, 6.07) is 17.9. The maximum absolute atomic E-state index is 12.7. The van der Waals surface area contributed by atoms with E-state index in [9.17, 15) is 9.59 Å². The maximum atomic E-state index is 12.7. The van der Waals surface area contributed by atoms with Gasteiger partial charge in [-0.15, -0.1) is 0 Å². The highest BCUT2D eigenvalue weighted by atomic mass is 35.5. The third kappa shape index (κ3) is 3.25. The van der Waals surface area contributed by atoms with Gasteiger partial charge in [-0.05, 0) is 48.0 Å². The number of amides is 1. The van der Waals surface area contributed by atoms with Crippen molar-refractivity contribution in [2.24, 2.45) is 7.05 Å². The molecule has 0 aliphatic carbocycles. The second kappa shape index (κ2) is 7.09. The fourth-order valence-electron chi connectivity index (χ4n) is 3.32. The predicted octanol–water partition coefficient (Wildman–Crippen LogP) is 4.23. The lowest BCUT2D eigenvalue weighted by molar-refractivity contribution is 0.0937. The van der Waals surface area contributed by atoms with Crippen LogP contribution in [-0.4, -0.2) is 15.5 Å². The molecule has 0 bridgehead atoms. The van der Waals surface area contributed by atoms with Crippen LogP contribution in [0.15, 0.2) is 65.5 Å². The van der Waals surface area contributed by atoms with Crippen molar-refractivity contribution in [3.63, 3.8) is 0 Å². The molecule has 1 aromatic heterocycles. The van der Waals surface area contributed by atoms with Crippen LogP contribution in [0.3, 0.4) is 0 Å². The highest BCUT2D eigenvalue weighted by molar-refractivity contribution is 6.31. The summed E-state index contributed by atoms with van der Waals surface area (Å²) in [6.45, 7) is 1.80. The van der Waals surface area contributed by atoms with E-state index in [2.05, 4.69) is 10.3 Å². The zero-order chi connectivity index (χ0) is 19.8. The molecule has 3 aromatic carbocycles. The number of nitrogens with zero attached hydrogens (tertiary/aromatic N) is 2. The van der Waals surface area contributed by atoms with Crippen molar-refractivity contribution >= 4 is 39.2 Å². The van der Waals surface area contributed by atoms with Crippen molar-refractivity contribution in [2.75, 3.05) is 0 Å². The zero-order valence-electron chi connectivity index (χ0n) is 15.4. The van der Waals surface area contributed by atoms with E-state index in [1.165, 1.54) is 4.57 Å². The van der Waals surface area contributed by atoms with E-state index in [4.69, 9.17) is 11.6 Å². The minimum atomic E-state index is -0.458. The molecule has 5 nitrogen and oxygen atoms in total. The van der Waals surface area contributed by atoms with Gasteiger partial charge >= 0.3 is 0 Å². The van der Waals surface area contributed by atoms with Crippen molar-refractivity contribution in [3.8, 4) is 0 Å². The first kappa shape index (κ1) is 18.2. The Kier molecular flexibility index (Phi) is 4.61. The number of nitrogens with one attached hydrogen (secondary N) is 1. The van der Waals surface area contributed by atoms with Crippen LogP contribution in [-0.2, 0) is 7.05 Å². The number of rotatable bonds is 3. The molecule has 28 heavy (non-hydrogen) atoms. The fraction of sp³-hybridized carbons (Fsp3) is 0.136. The zero-order valence-corrected chi connectivity index (χ0v) is 16.2. The van der Waals surface area contributed by atoms with Crippen LogP contribution in [0.25, 0.3) is 21.7 Å². The fourth-order valence-corrected chi connectivity index (χ4v) is 3.49. The Balaban J connectivity index is 1.67. The highest BCUT2D eigenvalue weighted by Gasteiger charge is 2.17. The molecule has 4 rings (SSSR count). The number of hydrogen-bond acceptors (Lipinski definition) is 3. The van der Waals surface area contributed by atoms with E-state index in [0.29, 0.717) is 27.3 Å². The van der Waals surface area contributed by atoms with Gasteiger partial charge in [0.1, 0.15) is 5.82 Å². The summed E-state index contributed by atoms with van der Waals surface area (Å²) in [5.41, 5.74) is 0.889. The average molecular weight is 392 g/mol. The molecule has 140 valence electrons. The smallest absolute Gasteiger partial charge is 0.261 e. The third-order valence-electron chi connectivity index (χ3n) is 4.82. The molecule has 1 atom stereocenters. The van der Waals surface area contributed by atoms with Crippen LogP contribution in [0.2, 0.25) is 5.02 Å². The Hall–Kier alpha value is -3.18. The Morgan fingerprint density at radius 1 is 1.07 bits per heavy atom. The number of halogens is 1. The van der Waals surface area contributed by atoms with Crippen LogP contribution in [0.1, 0.15) is 29.1 Å². The third-order valence-corrected chi connectivity index (χ3v) is 5.06. The quantitative estimate of drug-likeness (QED) is 0.568. The summed E-state index contributed by atoms with van der Waals surface area (Å²) in [5.74, 6) is 0.243. The molecule has 0 unspecified atom stereocenters. The molecule has 0 fully saturated rings. The number of aromatic nitrogens is 2. The van der Waals surface area contributed by atoms with Crippen molar-refractivity contribution in [1.82, 2.24) is 14.9 Å². The Labute approximate surface area is 166 Å². The van der Waals surface area contributed by atoms with Gasteiger partial charge < -0.3 is 5.32 Å². The number of carbonyl (C=O) groups excluding carboxylic acids is 1. The van der Waals surface area contributed by atoms with Crippen LogP contribution in [0, 0.1) is 0 Å². The second-order valence-electron chi connectivity index (χ2n) is 6.75. The van der Waals surface area contributed by atoms with Gasteiger partial charge in [-0.2, -0.15) is 0 Å². The number of benzene rings is 3. The van der Waals surface area contributed by atoms with Gasteiger partial charge in [0.15, 0.2) is 0 Å². The van der Waals surface area contributed by atoms with Gasteiger partial charge in [-0.1, -0.05) is 41.9 Å².